The quantitative estimate of drug-likeness (QED) is 0.639. The van der Waals surface area contributed by atoms with E-state index < -0.39 is 0 Å². The number of benzene rings is 1. The van der Waals surface area contributed by atoms with Gasteiger partial charge in [-0.05, 0) is 29.7 Å². The Kier molecular flexibility index (Phi) is 3.88. The molecule has 1 unspecified atom stereocenters. The lowest BCUT2D eigenvalue weighted by atomic mass is 9.79. The van der Waals surface area contributed by atoms with E-state index in [4.69, 9.17) is 0 Å². The van der Waals surface area contributed by atoms with Gasteiger partial charge in [0, 0.05) is 4.48 Å². The Morgan fingerprint density at radius 2 is 2.00 bits per heavy atom. The number of allylic oxidation sites excluding steroid dienone is 3. The normalized spacial score (nSPS) is 23.7. The highest BCUT2D eigenvalue weighted by atomic mass is 79.9. The Morgan fingerprint density at radius 3 is 2.59 bits per heavy atom. The number of hydrogen-bond donors (Lipinski definition) is 0. The summed E-state index contributed by atoms with van der Waals surface area (Å²) in [4.78, 5) is 0. The Morgan fingerprint density at radius 1 is 1.29 bits per heavy atom. The van der Waals surface area contributed by atoms with E-state index in [0.29, 0.717) is 11.3 Å². The first-order chi connectivity index (χ1) is 8.07. The van der Waals surface area contributed by atoms with Crippen LogP contribution < -0.4 is 0 Å². The Labute approximate surface area is 113 Å². The molecule has 0 spiro atoms. The predicted molar refractivity (Wildman–Crippen MR) is 79.0 cm³/mol. The van der Waals surface area contributed by atoms with Crippen LogP contribution >= 0.6 is 15.9 Å². The van der Waals surface area contributed by atoms with Gasteiger partial charge in [0.2, 0.25) is 0 Å². The molecule has 0 bridgehead atoms. The largest absolute Gasteiger partial charge is 0.0823 e. The molecule has 1 aliphatic rings. The first kappa shape index (κ1) is 12.6. The van der Waals surface area contributed by atoms with Crippen molar-refractivity contribution in [2.75, 3.05) is 0 Å². The third-order valence-electron chi connectivity index (χ3n) is 3.33. The molecule has 2 rings (SSSR count). The van der Waals surface area contributed by atoms with Crippen molar-refractivity contribution in [3.05, 3.63) is 54.1 Å². The lowest BCUT2D eigenvalue weighted by Crippen LogP contribution is -2.14. The zero-order chi connectivity index (χ0) is 12.3. The van der Waals surface area contributed by atoms with Crippen LogP contribution in [0.4, 0.5) is 0 Å². The molecule has 1 heteroatoms. The molecule has 1 aromatic rings. The van der Waals surface area contributed by atoms with Crippen LogP contribution in [0.25, 0.3) is 4.48 Å². The molecule has 0 aliphatic heterocycles. The number of halogens is 1. The Balaban J connectivity index is 2.11. The van der Waals surface area contributed by atoms with Crippen LogP contribution in [0.2, 0.25) is 0 Å². The van der Waals surface area contributed by atoms with Gasteiger partial charge in [0.25, 0.3) is 0 Å². The molecule has 1 aromatic carbocycles. The molecular weight excluding hydrogens is 272 g/mol. The fourth-order valence-corrected chi connectivity index (χ4v) is 2.73. The maximum absolute atomic E-state index is 3.68. The van der Waals surface area contributed by atoms with Crippen molar-refractivity contribution >= 4 is 20.4 Å². The van der Waals surface area contributed by atoms with E-state index in [1.165, 1.54) is 22.9 Å². The average Bonchev–Trinajstić information content (AvgIpc) is 2.33. The highest BCUT2D eigenvalue weighted by Crippen LogP contribution is 2.34. The van der Waals surface area contributed by atoms with Gasteiger partial charge in [-0.3, -0.25) is 0 Å². The summed E-state index contributed by atoms with van der Waals surface area (Å²) in [5.41, 5.74) is 1.63. The Bertz CT molecular complexity index is 426. The standard InChI is InChI=1S/C16H19Br/c1-16(2)10-8-13(9-11-16)12-15(17)14-6-4-3-5-7-14/h3-8,10,12-13H,9,11H2,1-2H3/b15-12+. The minimum absolute atomic E-state index is 0.379. The van der Waals surface area contributed by atoms with Gasteiger partial charge in [-0.1, -0.05) is 78.3 Å². The summed E-state index contributed by atoms with van der Waals surface area (Å²) in [6, 6.07) is 10.5. The summed E-state index contributed by atoms with van der Waals surface area (Å²) >= 11 is 3.68. The third-order valence-corrected chi connectivity index (χ3v) is 4.05. The maximum Gasteiger partial charge on any atom is 0.0213 e. The summed E-state index contributed by atoms with van der Waals surface area (Å²) in [7, 11) is 0. The highest BCUT2D eigenvalue weighted by Gasteiger charge is 2.20. The molecule has 0 saturated carbocycles. The van der Waals surface area contributed by atoms with E-state index in [1.807, 2.05) is 6.07 Å². The van der Waals surface area contributed by atoms with Crippen LogP contribution in [0.15, 0.2) is 48.6 Å². The zero-order valence-electron chi connectivity index (χ0n) is 10.5. The second-order valence-corrected chi connectivity index (χ2v) is 6.29. The summed E-state index contributed by atoms with van der Waals surface area (Å²) < 4.78 is 1.20. The molecule has 1 atom stereocenters. The van der Waals surface area contributed by atoms with Crippen molar-refractivity contribution in [3.63, 3.8) is 0 Å². The van der Waals surface area contributed by atoms with Gasteiger partial charge in [0.15, 0.2) is 0 Å². The highest BCUT2D eigenvalue weighted by molar-refractivity contribution is 9.15. The molecule has 0 radical (unpaired) electrons. The first-order valence-corrected chi connectivity index (χ1v) is 6.98. The van der Waals surface area contributed by atoms with Gasteiger partial charge in [0.05, 0.1) is 0 Å². The fraction of sp³-hybridized carbons (Fsp3) is 0.375. The topological polar surface area (TPSA) is 0 Å². The average molecular weight is 291 g/mol. The van der Waals surface area contributed by atoms with Crippen molar-refractivity contribution in [2.24, 2.45) is 11.3 Å². The van der Waals surface area contributed by atoms with E-state index in [0.717, 1.165) is 0 Å². The maximum atomic E-state index is 3.68. The minimum atomic E-state index is 0.379. The predicted octanol–water partition coefficient (Wildman–Crippen LogP) is 5.41. The monoisotopic (exact) mass is 290 g/mol. The summed E-state index contributed by atoms with van der Waals surface area (Å²) in [6.45, 7) is 4.60. The molecule has 0 fully saturated rings. The number of hydrogen-bond acceptors (Lipinski definition) is 0. The van der Waals surface area contributed by atoms with E-state index in [2.05, 4.69) is 72.3 Å². The van der Waals surface area contributed by atoms with Crippen molar-refractivity contribution in [2.45, 2.75) is 26.7 Å². The molecular formula is C16H19Br. The van der Waals surface area contributed by atoms with Crippen LogP contribution in [0, 0.1) is 11.3 Å². The lowest BCUT2D eigenvalue weighted by molar-refractivity contribution is 0.382. The van der Waals surface area contributed by atoms with Crippen molar-refractivity contribution < 1.29 is 0 Å². The lowest BCUT2D eigenvalue weighted by Gasteiger charge is -2.27. The summed E-state index contributed by atoms with van der Waals surface area (Å²) in [5, 5.41) is 0. The first-order valence-electron chi connectivity index (χ1n) is 6.19. The summed E-state index contributed by atoms with van der Waals surface area (Å²) in [5.74, 6) is 0.567. The van der Waals surface area contributed by atoms with Crippen molar-refractivity contribution in [1.82, 2.24) is 0 Å². The zero-order valence-corrected chi connectivity index (χ0v) is 12.1. The summed E-state index contributed by atoms with van der Waals surface area (Å²) in [6.07, 6.45) is 9.52. The van der Waals surface area contributed by atoms with Gasteiger partial charge < -0.3 is 0 Å². The van der Waals surface area contributed by atoms with Crippen molar-refractivity contribution in [1.29, 1.82) is 0 Å². The van der Waals surface area contributed by atoms with E-state index in [1.54, 1.807) is 0 Å². The molecule has 0 saturated heterocycles. The third kappa shape index (κ3) is 3.57. The van der Waals surface area contributed by atoms with Gasteiger partial charge in [0.1, 0.15) is 0 Å². The van der Waals surface area contributed by atoms with Crippen LogP contribution in [0.1, 0.15) is 32.3 Å². The molecule has 90 valence electrons. The van der Waals surface area contributed by atoms with Gasteiger partial charge in [-0.2, -0.15) is 0 Å². The molecule has 1 aliphatic carbocycles. The second kappa shape index (κ2) is 5.22. The van der Waals surface area contributed by atoms with Crippen LogP contribution in [-0.2, 0) is 0 Å². The smallest absolute Gasteiger partial charge is 0.0213 e. The van der Waals surface area contributed by atoms with E-state index in [9.17, 15) is 0 Å². The molecule has 0 heterocycles. The minimum Gasteiger partial charge on any atom is -0.0823 e. The van der Waals surface area contributed by atoms with E-state index in [-0.39, 0.29) is 0 Å². The second-order valence-electron chi connectivity index (χ2n) is 5.43. The van der Waals surface area contributed by atoms with Crippen LogP contribution in [0.3, 0.4) is 0 Å². The van der Waals surface area contributed by atoms with Gasteiger partial charge in [-0.15, -0.1) is 0 Å². The molecule has 0 nitrogen and oxygen atoms in total. The molecule has 17 heavy (non-hydrogen) atoms. The molecule has 0 aromatic heterocycles. The molecule has 0 amide bonds. The fourth-order valence-electron chi connectivity index (χ4n) is 2.12. The van der Waals surface area contributed by atoms with Crippen molar-refractivity contribution in [3.8, 4) is 0 Å². The van der Waals surface area contributed by atoms with Gasteiger partial charge in [-0.25, -0.2) is 0 Å². The van der Waals surface area contributed by atoms with Gasteiger partial charge >= 0.3 is 0 Å². The van der Waals surface area contributed by atoms with Crippen LogP contribution in [-0.4, -0.2) is 0 Å². The van der Waals surface area contributed by atoms with E-state index >= 15 is 0 Å². The van der Waals surface area contributed by atoms with Crippen LogP contribution in [0.5, 0.6) is 0 Å². The molecule has 0 N–H and O–H groups in total. The SMILES string of the molecule is CC1(C)C=CC(/C=C(/Br)c2ccccc2)CC1. The Hall–Kier alpha value is -0.820. The number of rotatable bonds is 2.